The minimum atomic E-state index is -0.320. The normalized spacial score (nSPS) is 20.0. The molecule has 4 rings (SSSR count). The van der Waals surface area contributed by atoms with Gasteiger partial charge in [0.1, 0.15) is 5.82 Å². The summed E-state index contributed by atoms with van der Waals surface area (Å²) in [7, 11) is 0. The highest BCUT2D eigenvalue weighted by atomic mass is 19.1. The molecule has 154 valence electrons. The van der Waals surface area contributed by atoms with E-state index in [9.17, 15) is 14.0 Å². The van der Waals surface area contributed by atoms with Crippen LogP contribution >= 0.6 is 0 Å². The van der Waals surface area contributed by atoms with E-state index in [1.54, 1.807) is 27.9 Å². The Labute approximate surface area is 169 Å². The van der Waals surface area contributed by atoms with E-state index in [-0.39, 0.29) is 23.5 Å². The van der Waals surface area contributed by atoms with Crippen LogP contribution in [0.3, 0.4) is 0 Å². The van der Waals surface area contributed by atoms with E-state index in [0.29, 0.717) is 56.3 Å². The molecule has 0 aliphatic carbocycles. The van der Waals surface area contributed by atoms with E-state index >= 15 is 0 Å². The van der Waals surface area contributed by atoms with Gasteiger partial charge in [-0.25, -0.2) is 9.07 Å². The second-order valence-electron chi connectivity index (χ2n) is 7.56. The highest BCUT2D eigenvalue weighted by Gasteiger charge is 2.33. The lowest BCUT2D eigenvalue weighted by molar-refractivity contribution is -0.141. The predicted octanol–water partition coefficient (Wildman–Crippen LogP) is 2.03. The van der Waals surface area contributed by atoms with Crippen LogP contribution in [0.5, 0.6) is 0 Å². The first-order valence-corrected chi connectivity index (χ1v) is 10.0. The molecule has 2 saturated heterocycles. The van der Waals surface area contributed by atoms with Crippen LogP contribution in [0.2, 0.25) is 0 Å². The van der Waals surface area contributed by atoms with Crippen LogP contribution in [-0.4, -0.2) is 70.8 Å². The third-order valence-electron chi connectivity index (χ3n) is 5.69. The average Bonchev–Trinajstić information content (AvgIpc) is 3.15. The molecule has 1 unspecified atom stereocenters. The summed E-state index contributed by atoms with van der Waals surface area (Å²) in [6, 6.07) is 5.98. The van der Waals surface area contributed by atoms with Gasteiger partial charge in [-0.05, 0) is 44.0 Å². The largest absolute Gasteiger partial charge is 0.378 e. The first-order valence-electron chi connectivity index (χ1n) is 10.0. The van der Waals surface area contributed by atoms with Crippen molar-refractivity contribution in [3.8, 4) is 5.69 Å². The molecule has 0 N–H and O–H groups in total. The van der Waals surface area contributed by atoms with E-state index in [4.69, 9.17) is 4.74 Å². The minimum absolute atomic E-state index is 0.115. The quantitative estimate of drug-likeness (QED) is 0.791. The minimum Gasteiger partial charge on any atom is -0.378 e. The lowest BCUT2D eigenvalue weighted by Crippen LogP contribution is -2.49. The van der Waals surface area contributed by atoms with Crippen LogP contribution in [0.25, 0.3) is 5.69 Å². The highest BCUT2D eigenvalue weighted by Crippen LogP contribution is 2.23. The maximum Gasteiger partial charge on any atom is 0.257 e. The van der Waals surface area contributed by atoms with Crippen LogP contribution in [0, 0.1) is 18.7 Å². The molecule has 2 amide bonds. The second-order valence-corrected chi connectivity index (χ2v) is 7.56. The summed E-state index contributed by atoms with van der Waals surface area (Å²) >= 11 is 0. The number of morpholine rings is 1. The molecule has 1 aromatic heterocycles. The maximum absolute atomic E-state index is 13.2. The molecule has 0 spiro atoms. The van der Waals surface area contributed by atoms with Gasteiger partial charge in [-0.2, -0.15) is 5.10 Å². The Hall–Kier alpha value is -2.74. The van der Waals surface area contributed by atoms with Crippen molar-refractivity contribution >= 4 is 11.8 Å². The molecule has 3 heterocycles. The Morgan fingerprint density at radius 3 is 2.55 bits per heavy atom. The van der Waals surface area contributed by atoms with Crippen molar-refractivity contribution in [2.75, 3.05) is 39.4 Å². The molecule has 1 aromatic carbocycles. The molecule has 2 aliphatic heterocycles. The van der Waals surface area contributed by atoms with Crippen LogP contribution in [0.1, 0.15) is 28.9 Å². The number of piperidine rings is 1. The van der Waals surface area contributed by atoms with E-state index in [1.165, 1.54) is 12.1 Å². The number of likely N-dealkylation sites (tertiary alicyclic amines) is 1. The molecule has 2 aromatic rings. The monoisotopic (exact) mass is 400 g/mol. The number of ether oxygens (including phenoxy) is 1. The molecule has 1 atom stereocenters. The summed E-state index contributed by atoms with van der Waals surface area (Å²) in [6.07, 6.45) is 3.15. The van der Waals surface area contributed by atoms with Gasteiger partial charge in [-0.1, -0.05) is 0 Å². The summed E-state index contributed by atoms with van der Waals surface area (Å²) in [6.45, 7) is 5.26. The van der Waals surface area contributed by atoms with Crippen LogP contribution in [-0.2, 0) is 9.53 Å². The topological polar surface area (TPSA) is 67.7 Å². The first-order chi connectivity index (χ1) is 14.0. The number of carbonyl (C=O) groups is 2. The van der Waals surface area contributed by atoms with Crippen molar-refractivity contribution < 1.29 is 18.7 Å². The number of hydrogen-bond donors (Lipinski definition) is 0. The van der Waals surface area contributed by atoms with Gasteiger partial charge in [0.15, 0.2) is 0 Å². The van der Waals surface area contributed by atoms with Gasteiger partial charge in [0.05, 0.1) is 42.3 Å². The molecule has 8 heteroatoms. The molecular formula is C21H25FN4O3. The van der Waals surface area contributed by atoms with E-state index < -0.39 is 0 Å². The Morgan fingerprint density at radius 1 is 1.10 bits per heavy atom. The summed E-state index contributed by atoms with van der Waals surface area (Å²) in [5.41, 5.74) is 1.90. The van der Waals surface area contributed by atoms with E-state index in [2.05, 4.69) is 5.10 Å². The molecule has 2 fully saturated rings. The Balaban J connectivity index is 1.48. The Morgan fingerprint density at radius 2 is 1.83 bits per heavy atom. The van der Waals surface area contributed by atoms with Crippen molar-refractivity contribution in [2.45, 2.75) is 19.8 Å². The molecule has 29 heavy (non-hydrogen) atoms. The molecular weight excluding hydrogens is 375 g/mol. The van der Waals surface area contributed by atoms with Gasteiger partial charge in [-0.3, -0.25) is 9.59 Å². The summed E-state index contributed by atoms with van der Waals surface area (Å²) in [4.78, 5) is 29.6. The zero-order valence-electron chi connectivity index (χ0n) is 16.5. The number of nitrogens with zero attached hydrogens (tertiary/aromatic N) is 4. The SMILES string of the molecule is Cc1c(C(=O)N2CCCC(C(=O)N3CCOCC3)C2)cnn1-c1ccc(F)cc1. The van der Waals surface area contributed by atoms with Gasteiger partial charge in [0.25, 0.3) is 5.91 Å². The lowest BCUT2D eigenvalue weighted by atomic mass is 9.95. The molecule has 0 bridgehead atoms. The number of rotatable bonds is 3. The van der Waals surface area contributed by atoms with Crippen molar-refractivity contribution in [2.24, 2.45) is 5.92 Å². The predicted molar refractivity (Wildman–Crippen MR) is 104 cm³/mol. The number of halogens is 1. The number of carbonyl (C=O) groups excluding carboxylic acids is 2. The number of benzene rings is 1. The Bertz CT molecular complexity index is 890. The van der Waals surface area contributed by atoms with E-state index in [0.717, 1.165) is 12.8 Å². The van der Waals surface area contributed by atoms with Crippen LogP contribution < -0.4 is 0 Å². The fraction of sp³-hybridized carbons (Fsp3) is 0.476. The molecule has 0 radical (unpaired) electrons. The van der Waals surface area contributed by atoms with Crippen molar-refractivity contribution in [1.82, 2.24) is 19.6 Å². The number of aromatic nitrogens is 2. The van der Waals surface area contributed by atoms with Gasteiger partial charge in [-0.15, -0.1) is 0 Å². The van der Waals surface area contributed by atoms with Gasteiger partial charge >= 0.3 is 0 Å². The fourth-order valence-corrected chi connectivity index (χ4v) is 4.04. The van der Waals surface area contributed by atoms with Gasteiger partial charge < -0.3 is 14.5 Å². The van der Waals surface area contributed by atoms with Crippen LogP contribution in [0.4, 0.5) is 4.39 Å². The summed E-state index contributed by atoms with van der Waals surface area (Å²) in [5, 5.41) is 4.32. The third kappa shape index (κ3) is 4.03. The van der Waals surface area contributed by atoms with Crippen LogP contribution in [0.15, 0.2) is 30.5 Å². The van der Waals surface area contributed by atoms with Crippen molar-refractivity contribution in [3.05, 3.63) is 47.5 Å². The molecule has 0 saturated carbocycles. The first kappa shape index (κ1) is 19.6. The standard InChI is InChI=1S/C21H25FN4O3/c1-15-19(13-23-26(15)18-6-4-17(22)5-7-18)21(28)25-8-2-3-16(14-25)20(27)24-9-11-29-12-10-24/h4-7,13,16H,2-3,8-12,14H2,1H3. The Kier molecular flexibility index (Phi) is 5.62. The zero-order valence-corrected chi connectivity index (χ0v) is 16.5. The third-order valence-corrected chi connectivity index (χ3v) is 5.69. The fourth-order valence-electron chi connectivity index (χ4n) is 4.04. The molecule has 2 aliphatic rings. The van der Waals surface area contributed by atoms with E-state index in [1.807, 2.05) is 11.8 Å². The number of hydrogen-bond acceptors (Lipinski definition) is 4. The van der Waals surface area contributed by atoms with Gasteiger partial charge in [0, 0.05) is 26.2 Å². The number of amides is 2. The maximum atomic E-state index is 13.2. The zero-order chi connectivity index (χ0) is 20.4. The average molecular weight is 400 g/mol. The lowest BCUT2D eigenvalue weighted by Gasteiger charge is -2.36. The van der Waals surface area contributed by atoms with Crippen molar-refractivity contribution in [1.29, 1.82) is 0 Å². The highest BCUT2D eigenvalue weighted by molar-refractivity contribution is 5.95. The van der Waals surface area contributed by atoms with Crippen molar-refractivity contribution in [3.63, 3.8) is 0 Å². The summed E-state index contributed by atoms with van der Waals surface area (Å²) in [5.74, 6) is -0.489. The smallest absolute Gasteiger partial charge is 0.257 e. The molecule has 7 nitrogen and oxygen atoms in total. The van der Waals surface area contributed by atoms with Gasteiger partial charge in [0.2, 0.25) is 5.91 Å². The second kappa shape index (κ2) is 8.32. The summed E-state index contributed by atoms with van der Waals surface area (Å²) < 4.78 is 20.1.